The normalized spacial score (nSPS) is 21.2. The Morgan fingerprint density at radius 2 is 1.49 bits per heavy atom. The molecular weight excluding hydrogens is 571 g/mol. The summed E-state index contributed by atoms with van der Waals surface area (Å²) in [7, 11) is 0. The number of allylic oxidation sites excluding steroid dienone is 6. The van der Waals surface area contributed by atoms with E-state index in [0.717, 1.165) is 34.8 Å². The number of para-hydroxylation sites is 1. The fourth-order valence-corrected chi connectivity index (χ4v) is 8.61. The Balaban J connectivity index is 1.19. The van der Waals surface area contributed by atoms with E-state index in [1.165, 1.54) is 57.0 Å². The lowest BCUT2D eigenvalue weighted by molar-refractivity contribution is 0.301. The number of rotatable bonds is 4. The molecule has 0 amide bonds. The van der Waals surface area contributed by atoms with E-state index in [-0.39, 0.29) is 5.41 Å². The van der Waals surface area contributed by atoms with Crippen molar-refractivity contribution < 1.29 is 0 Å². The van der Waals surface area contributed by atoms with Crippen LogP contribution in [0, 0.1) is 11.8 Å². The lowest BCUT2D eigenvalue weighted by Crippen LogP contribution is -2.26. The van der Waals surface area contributed by atoms with E-state index >= 15 is 0 Å². The topological polar surface area (TPSA) is 30.7 Å². The summed E-state index contributed by atoms with van der Waals surface area (Å²) in [5.41, 5.74) is 12.2. The van der Waals surface area contributed by atoms with E-state index in [9.17, 15) is 0 Å². The Morgan fingerprint density at radius 1 is 0.745 bits per heavy atom. The highest BCUT2D eigenvalue weighted by atomic mass is 15.0. The Kier molecular flexibility index (Phi) is 6.47. The van der Waals surface area contributed by atoms with Crippen LogP contribution in [0.5, 0.6) is 0 Å². The molecule has 0 saturated carbocycles. The van der Waals surface area contributed by atoms with Crippen molar-refractivity contribution in [2.75, 3.05) is 0 Å². The van der Waals surface area contributed by atoms with Crippen LogP contribution < -0.4 is 0 Å². The molecule has 2 aromatic heterocycles. The number of nitrogens with zero attached hydrogens (tertiary/aromatic N) is 3. The SMILES string of the molecule is CC1CC=CC=C1c1nc(-c2ccccc2)cc(-c2ccc(-n3c4ccccc4c4cc5c(cc43)C3C=CCCC3C5(C)C)cc2)n1. The summed E-state index contributed by atoms with van der Waals surface area (Å²) in [6.07, 6.45) is 14.9. The van der Waals surface area contributed by atoms with Gasteiger partial charge in [0.1, 0.15) is 0 Å². The fraction of sp³-hybridized carbons (Fsp3) is 0.227. The summed E-state index contributed by atoms with van der Waals surface area (Å²) < 4.78 is 2.46. The molecule has 0 N–H and O–H groups in total. The van der Waals surface area contributed by atoms with Crippen molar-refractivity contribution in [2.45, 2.75) is 51.4 Å². The van der Waals surface area contributed by atoms with Crippen molar-refractivity contribution in [3.05, 3.63) is 144 Å². The molecular formula is C44H39N3. The Labute approximate surface area is 277 Å². The summed E-state index contributed by atoms with van der Waals surface area (Å²) >= 11 is 0. The van der Waals surface area contributed by atoms with Crippen LogP contribution in [0.15, 0.2) is 127 Å². The van der Waals surface area contributed by atoms with Gasteiger partial charge in [-0.2, -0.15) is 0 Å². The van der Waals surface area contributed by atoms with E-state index < -0.39 is 0 Å². The van der Waals surface area contributed by atoms with Crippen molar-refractivity contribution in [2.24, 2.45) is 11.8 Å². The molecule has 3 atom stereocenters. The van der Waals surface area contributed by atoms with Crippen molar-refractivity contribution in [3.63, 3.8) is 0 Å². The van der Waals surface area contributed by atoms with Crippen molar-refractivity contribution >= 4 is 27.4 Å². The zero-order chi connectivity index (χ0) is 31.7. The minimum Gasteiger partial charge on any atom is -0.309 e. The molecule has 47 heavy (non-hydrogen) atoms. The monoisotopic (exact) mass is 609 g/mol. The third kappa shape index (κ3) is 4.47. The molecule has 0 bridgehead atoms. The maximum atomic E-state index is 5.16. The minimum absolute atomic E-state index is 0.167. The van der Waals surface area contributed by atoms with Gasteiger partial charge in [0, 0.05) is 33.5 Å². The van der Waals surface area contributed by atoms with E-state index in [2.05, 4.69) is 153 Å². The lowest BCUT2D eigenvalue weighted by atomic mass is 9.72. The molecule has 2 heterocycles. The van der Waals surface area contributed by atoms with E-state index in [0.29, 0.717) is 17.8 Å². The number of hydrogen-bond donors (Lipinski definition) is 0. The molecule has 0 radical (unpaired) electrons. The summed E-state index contributed by atoms with van der Waals surface area (Å²) in [5, 5.41) is 2.66. The predicted molar refractivity (Wildman–Crippen MR) is 196 cm³/mol. The van der Waals surface area contributed by atoms with Gasteiger partial charge in [0.2, 0.25) is 0 Å². The Bertz CT molecular complexity index is 2260. The van der Waals surface area contributed by atoms with Gasteiger partial charge in [-0.05, 0) is 89.6 Å². The van der Waals surface area contributed by atoms with Gasteiger partial charge in [-0.25, -0.2) is 9.97 Å². The third-order valence-electron chi connectivity index (χ3n) is 11.2. The minimum atomic E-state index is 0.167. The van der Waals surface area contributed by atoms with Crippen LogP contribution in [-0.4, -0.2) is 14.5 Å². The van der Waals surface area contributed by atoms with Crippen LogP contribution in [0.4, 0.5) is 0 Å². The molecule has 3 aliphatic rings. The highest BCUT2D eigenvalue weighted by Gasteiger charge is 2.46. The Morgan fingerprint density at radius 3 is 2.28 bits per heavy atom. The van der Waals surface area contributed by atoms with Gasteiger partial charge in [-0.1, -0.05) is 112 Å². The standard InChI is InChI=1S/C44H39N3/c1-28-13-7-8-16-32(28)43-45-39(29-14-5-4-6-15-29)27-40(46-43)30-21-23-31(24-22-30)47-41-20-12-10-18-34(41)36-25-38-35(26-42(36)47)33-17-9-11-19-37(33)44(38,2)3/h4-10,12,14-18,20-28,33,37H,11,13,19H2,1-3H3. The van der Waals surface area contributed by atoms with Crippen molar-refractivity contribution in [3.8, 4) is 28.2 Å². The molecule has 3 unspecified atom stereocenters. The Hall–Kier alpha value is -5.02. The first-order valence-corrected chi connectivity index (χ1v) is 17.1. The summed E-state index contributed by atoms with van der Waals surface area (Å²) in [5.74, 6) is 2.35. The van der Waals surface area contributed by atoms with Gasteiger partial charge in [0.05, 0.1) is 22.4 Å². The summed E-state index contributed by atoms with van der Waals surface area (Å²) in [6.45, 7) is 7.18. The van der Waals surface area contributed by atoms with E-state index in [1.807, 2.05) is 0 Å². The van der Waals surface area contributed by atoms with Gasteiger partial charge in [-0.3, -0.25) is 0 Å². The average molecular weight is 610 g/mol. The van der Waals surface area contributed by atoms with E-state index in [1.54, 1.807) is 0 Å². The number of hydrogen-bond acceptors (Lipinski definition) is 2. The number of aromatic nitrogens is 3. The van der Waals surface area contributed by atoms with Crippen LogP contribution >= 0.6 is 0 Å². The quantitative estimate of drug-likeness (QED) is 0.186. The molecule has 4 aromatic carbocycles. The molecule has 0 fully saturated rings. The molecule has 3 aliphatic carbocycles. The lowest BCUT2D eigenvalue weighted by Gasteiger charge is -2.32. The molecule has 3 nitrogen and oxygen atoms in total. The summed E-state index contributed by atoms with van der Waals surface area (Å²) in [4.78, 5) is 10.2. The molecule has 9 rings (SSSR count). The van der Waals surface area contributed by atoms with Crippen LogP contribution in [-0.2, 0) is 5.41 Å². The first-order chi connectivity index (χ1) is 23.0. The molecule has 230 valence electrons. The van der Waals surface area contributed by atoms with E-state index in [4.69, 9.17) is 9.97 Å². The maximum absolute atomic E-state index is 5.16. The van der Waals surface area contributed by atoms with Crippen molar-refractivity contribution in [1.82, 2.24) is 14.5 Å². The van der Waals surface area contributed by atoms with Crippen LogP contribution in [0.25, 0.3) is 55.6 Å². The second-order valence-electron chi connectivity index (χ2n) is 14.2. The first-order valence-electron chi connectivity index (χ1n) is 17.1. The van der Waals surface area contributed by atoms with Crippen LogP contribution in [0.2, 0.25) is 0 Å². The van der Waals surface area contributed by atoms with Crippen LogP contribution in [0.1, 0.15) is 62.9 Å². The van der Waals surface area contributed by atoms with Gasteiger partial charge < -0.3 is 4.57 Å². The predicted octanol–water partition coefficient (Wildman–Crippen LogP) is 11.2. The van der Waals surface area contributed by atoms with Gasteiger partial charge in [0.25, 0.3) is 0 Å². The number of fused-ring (bicyclic) bond motifs is 6. The van der Waals surface area contributed by atoms with Gasteiger partial charge in [0.15, 0.2) is 5.82 Å². The second-order valence-corrected chi connectivity index (χ2v) is 14.2. The highest BCUT2D eigenvalue weighted by Crippen LogP contribution is 2.55. The second kappa shape index (κ2) is 10.8. The summed E-state index contributed by atoms with van der Waals surface area (Å²) in [6, 6.07) is 35.5. The third-order valence-corrected chi connectivity index (χ3v) is 11.2. The molecule has 0 aliphatic heterocycles. The molecule has 6 aromatic rings. The molecule has 0 spiro atoms. The van der Waals surface area contributed by atoms with Crippen LogP contribution in [0.3, 0.4) is 0 Å². The first kappa shape index (κ1) is 28.2. The maximum Gasteiger partial charge on any atom is 0.156 e. The van der Waals surface area contributed by atoms with Gasteiger partial charge >= 0.3 is 0 Å². The largest absolute Gasteiger partial charge is 0.309 e. The van der Waals surface area contributed by atoms with Gasteiger partial charge in [-0.15, -0.1) is 0 Å². The highest BCUT2D eigenvalue weighted by molar-refractivity contribution is 6.10. The molecule has 0 saturated heterocycles. The fourth-order valence-electron chi connectivity index (χ4n) is 8.61. The smallest absolute Gasteiger partial charge is 0.156 e. The average Bonchev–Trinajstić information content (AvgIpc) is 3.56. The number of benzene rings is 4. The zero-order valence-corrected chi connectivity index (χ0v) is 27.3. The zero-order valence-electron chi connectivity index (χ0n) is 27.3. The van der Waals surface area contributed by atoms with Crippen molar-refractivity contribution in [1.29, 1.82) is 0 Å². The molecule has 3 heteroatoms.